The third kappa shape index (κ3) is 8.43. The number of carbonyl (C=O) groups is 2. The van der Waals surface area contributed by atoms with Crippen molar-refractivity contribution in [1.82, 2.24) is 10.2 Å². The summed E-state index contributed by atoms with van der Waals surface area (Å²) < 4.78 is 27.0. The van der Waals surface area contributed by atoms with Crippen molar-refractivity contribution in [3.63, 3.8) is 0 Å². The van der Waals surface area contributed by atoms with Gasteiger partial charge in [-0.1, -0.05) is 67.0 Å². The fourth-order valence-corrected chi connectivity index (χ4v) is 4.65. The van der Waals surface area contributed by atoms with E-state index in [0.717, 1.165) is 20.6 Å². The minimum atomic E-state index is -3.73. The van der Waals surface area contributed by atoms with E-state index in [1.165, 1.54) is 4.90 Å². The largest absolute Gasteiger partial charge is 0.354 e. The van der Waals surface area contributed by atoms with Crippen molar-refractivity contribution >= 4 is 43.5 Å². The lowest BCUT2D eigenvalue weighted by molar-refractivity contribution is -0.139. The highest BCUT2D eigenvalue weighted by Gasteiger charge is 2.31. The van der Waals surface area contributed by atoms with Gasteiger partial charge in [0, 0.05) is 17.6 Å². The number of halogens is 1. The quantitative estimate of drug-likeness (QED) is 0.434. The van der Waals surface area contributed by atoms with E-state index >= 15 is 0 Å². The minimum absolute atomic E-state index is 0.229. The van der Waals surface area contributed by atoms with Crippen molar-refractivity contribution in [2.45, 2.75) is 39.7 Å². The number of amides is 2. The summed E-state index contributed by atoms with van der Waals surface area (Å²) >= 11 is 3.34. The number of sulfonamides is 1. The summed E-state index contributed by atoms with van der Waals surface area (Å²) in [6.07, 6.45) is 2.04. The van der Waals surface area contributed by atoms with Gasteiger partial charge in [-0.25, -0.2) is 8.42 Å². The van der Waals surface area contributed by atoms with Crippen LogP contribution < -0.4 is 9.62 Å². The number of nitrogens with one attached hydrogen (secondary N) is 1. The summed E-state index contributed by atoms with van der Waals surface area (Å²) in [4.78, 5) is 28.0. The number of nitrogens with zero attached hydrogens (tertiary/aromatic N) is 2. The molecule has 0 heterocycles. The van der Waals surface area contributed by atoms with Gasteiger partial charge in [0.2, 0.25) is 21.8 Å². The first-order chi connectivity index (χ1) is 16.0. The van der Waals surface area contributed by atoms with Crippen molar-refractivity contribution < 1.29 is 18.0 Å². The Hall–Kier alpha value is -2.39. The standard InChI is InChI=1S/C25H34BrN3O4S/c1-5-23(25(31)27-17-19(2)3)28(16-15-20-9-7-6-8-10-20)24(30)18-29(34(4,32)33)22-13-11-21(26)12-14-22/h6-14,19,23H,5,15-18H2,1-4H3,(H,27,31)/t23-/m1/s1. The molecule has 0 bridgehead atoms. The van der Waals surface area contributed by atoms with Crippen LogP contribution in [0.25, 0.3) is 0 Å². The van der Waals surface area contributed by atoms with Crippen LogP contribution in [0.3, 0.4) is 0 Å². The molecular weight excluding hydrogens is 518 g/mol. The zero-order chi connectivity index (χ0) is 25.3. The van der Waals surface area contributed by atoms with Crippen LogP contribution >= 0.6 is 15.9 Å². The summed E-state index contributed by atoms with van der Waals surface area (Å²) in [7, 11) is -3.73. The summed E-state index contributed by atoms with van der Waals surface area (Å²) in [6, 6.07) is 15.7. The lowest BCUT2D eigenvalue weighted by Gasteiger charge is -2.33. The van der Waals surface area contributed by atoms with Gasteiger partial charge in [-0.2, -0.15) is 0 Å². The molecule has 2 amide bonds. The monoisotopic (exact) mass is 551 g/mol. The van der Waals surface area contributed by atoms with E-state index in [2.05, 4.69) is 21.2 Å². The number of hydrogen-bond acceptors (Lipinski definition) is 4. The highest BCUT2D eigenvalue weighted by Crippen LogP contribution is 2.21. The minimum Gasteiger partial charge on any atom is -0.354 e. The second-order valence-electron chi connectivity index (χ2n) is 8.63. The Morgan fingerprint density at radius 2 is 1.65 bits per heavy atom. The van der Waals surface area contributed by atoms with Crippen molar-refractivity contribution in [1.29, 1.82) is 0 Å². The summed E-state index contributed by atoms with van der Waals surface area (Å²) in [5.74, 6) is -0.379. The van der Waals surface area contributed by atoms with Crippen molar-refractivity contribution in [3.05, 3.63) is 64.6 Å². The van der Waals surface area contributed by atoms with Gasteiger partial charge in [0.05, 0.1) is 11.9 Å². The SMILES string of the molecule is CC[C@H](C(=O)NCC(C)C)N(CCc1ccccc1)C(=O)CN(c1ccc(Br)cc1)S(C)(=O)=O. The molecule has 1 N–H and O–H groups in total. The lowest BCUT2D eigenvalue weighted by atomic mass is 10.1. The fraction of sp³-hybridized carbons (Fsp3) is 0.440. The van der Waals surface area contributed by atoms with E-state index in [1.807, 2.05) is 51.1 Å². The molecule has 34 heavy (non-hydrogen) atoms. The molecule has 0 aromatic heterocycles. The zero-order valence-electron chi connectivity index (χ0n) is 20.2. The second kappa shape index (κ2) is 12.9. The van der Waals surface area contributed by atoms with E-state index in [-0.39, 0.29) is 18.4 Å². The maximum atomic E-state index is 13.5. The molecule has 2 rings (SSSR count). The second-order valence-corrected chi connectivity index (χ2v) is 11.5. The fourth-order valence-electron chi connectivity index (χ4n) is 3.54. The van der Waals surface area contributed by atoms with Gasteiger partial charge in [0.1, 0.15) is 12.6 Å². The molecule has 0 radical (unpaired) electrons. The molecule has 0 saturated carbocycles. The Bertz CT molecular complexity index is 1040. The van der Waals surface area contributed by atoms with E-state index < -0.39 is 22.0 Å². The van der Waals surface area contributed by atoms with E-state index in [4.69, 9.17) is 0 Å². The van der Waals surface area contributed by atoms with Crippen LogP contribution in [0.5, 0.6) is 0 Å². The van der Waals surface area contributed by atoms with Gasteiger partial charge in [-0.05, 0) is 48.6 Å². The number of carbonyl (C=O) groups excluding carboxylic acids is 2. The first-order valence-electron chi connectivity index (χ1n) is 11.4. The maximum Gasteiger partial charge on any atom is 0.244 e. The Labute approximate surface area is 211 Å². The van der Waals surface area contributed by atoms with Gasteiger partial charge in [0.15, 0.2) is 0 Å². The normalized spacial score (nSPS) is 12.3. The molecule has 0 unspecified atom stereocenters. The molecule has 0 saturated heterocycles. The molecular formula is C25H34BrN3O4S. The lowest BCUT2D eigenvalue weighted by Crippen LogP contribution is -2.53. The Morgan fingerprint density at radius 1 is 1.03 bits per heavy atom. The predicted molar refractivity (Wildman–Crippen MR) is 140 cm³/mol. The van der Waals surface area contributed by atoms with Crippen LogP contribution in [0.4, 0.5) is 5.69 Å². The van der Waals surface area contributed by atoms with Crippen molar-refractivity contribution in [3.8, 4) is 0 Å². The van der Waals surface area contributed by atoms with Crippen LogP contribution in [0, 0.1) is 5.92 Å². The van der Waals surface area contributed by atoms with E-state index in [9.17, 15) is 18.0 Å². The van der Waals surface area contributed by atoms with Gasteiger partial charge in [-0.15, -0.1) is 0 Å². The molecule has 1 atom stereocenters. The van der Waals surface area contributed by atoms with Gasteiger partial charge >= 0.3 is 0 Å². The summed E-state index contributed by atoms with van der Waals surface area (Å²) in [6.45, 7) is 6.27. The molecule has 9 heteroatoms. The van der Waals surface area contributed by atoms with Crippen molar-refractivity contribution in [2.24, 2.45) is 5.92 Å². The first-order valence-corrected chi connectivity index (χ1v) is 14.0. The smallest absolute Gasteiger partial charge is 0.244 e. The number of benzene rings is 2. The average molecular weight is 553 g/mol. The average Bonchev–Trinajstić information content (AvgIpc) is 2.79. The summed E-state index contributed by atoms with van der Waals surface area (Å²) in [5, 5.41) is 2.92. The van der Waals surface area contributed by atoms with Crippen LogP contribution in [0.15, 0.2) is 59.1 Å². The van der Waals surface area contributed by atoms with Gasteiger partial charge in [0.25, 0.3) is 0 Å². The molecule has 0 spiro atoms. The molecule has 7 nitrogen and oxygen atoms in total. The molecule has 186 valence electrons. The topological polar surface area (TPSA) is 86.8 Å². The Balaban J connectivity index is 2.32. The van der Waals surface area contributed by atoms with Crippen LogP contribution in [0.1, 0.15) is 32.8 Å². The van der Waals surface area contributed by atoms with Crippen LogP contribution in [-0.4, -0.2) is 57.1 Å². The highest BCUT2D eigenvalue weighted by molar-refractivity contribution is 9.10. The zero-order valence-corrected chi connectivity index (χ0v) is 22.6. The van der Waals surface area contributed by atoms with Crippen LogP contribution in [0.2, 0.25) is 0 Å². The number of rotatable bonds is 12. The van der Waals surface area contributed by atoms with Gasteiger partial charge in [-0.3, -0.25) is 13.9 Å². The van der Waals surface area contributed by atoms with Crippen molar-refractivity contribution in [2.75, 3.05) is 30.2 Å². The highest BCUT2D eigenvalue weighted by atomic mass is 79.9. The molecule has 0 fully saturated rings. The predicted octanol–water partition coefficient (Wildman–Crippen LogP) is 3.84. The number of hydrogen-bond donors (Lipinski definition) is 1. The first kappa shape index (κ1) is 27.9. The van der Waals surface area contributed by atoms with Crippen LogP contribution in [-0.2, 0) is 26.0 Å². The Morgan fingerprint density at radius 3 is 2.18 bits per heavy atom. The Kier molecular flexibility index (Phi) is 10.6. The third-order valence-corrected chi connectivity index (χ3v) is 7.02. The number of anilines is 1. The van der Waals surface area contributed by atoms with E-state index in [0.29, 0.717) is 31.6 Å². The van der Waals surface area contributed by atoms with Gasteiger partial charge < -0.3 is 10.2 Å². The molecule has 0 aliphatic rings. The van der Waals surface area contributed by atoms with E-state index in [1.54, 1.807) is 24.3 Å². The maximum absolute atomic E-state index is 13.5. The molecule has 2 aromatic carbocycles. The molecule has 0 aliphatic carbocycles. The summed E-state index contributed by atoms with van der Waals surface area (Å²) in [5.41, 5.74) is 1.42. The molecule has 0 aliphatic heterocycles. The third-order valence-electron chi connectivity index (χ3n) is 5.35. The molecule has 2 aromatic rings.